The van der Waals surface area contributed by atoms with Gasteiger partial charge >= 0.3 is 6.61 Å². The van der Waals surface area contributed by atoms with Gasteiger partial charge in [-0.2, -0.15) is 8.78 Å². The third kappa shape index (κ3) is 5.89. The van der Waals surface area contributed by atoms with E-state index in [1.807, 2.05) is 42.5 Å². The van der Waals surface area contributed by atoms with Gasteiger partial charge in [0.05, 0.1) is 29.0 Å². The first kappa shape index (κ1) is 28.9. The van der Waals surface area contributed by atoms with Gasteiger partial charge < -0.3 is 14.8 Å². The molecule has 1 aliphatic rings. The van der Waals surface area contributed by atoms with Crippen molar-refractivity contribution in [3.05, 3.63) is 120 Å². The van der Waals surface area contributed by atoms with Crippen LogP contribution in [0.4, 0.5) is 14.5 Å². The van der Waals surface area contributed by atoms with E-state index in [1.54, 1.807) is 35.8 Å². The first-order chi connectivity index (χ1) is 20.2. The fourth-order valence-corrected chi connectivity index (χ4v) is 5.88. The van der Waals surface area contributed by atoms with E-state index >= 15 is 0 Å². The SMILES string of the molecule is COc1cc(/C=c2/sc3n(c2=O)[C@H](c2ccc(C(C)C)cc2)C(C(=O)Nc2ccccc2)=C(C)N=3)ccc1OC(F)F. The monoisotopic (exact) mass is 589 g/mol. The second kappa shape index (κ2) is 12.1. The minimum Gasteiger partial charge on any atom is -0.493 e. The van der Waals surface area contributed by atoms with Gasteiger partial charge in [-0.1, -0.05) is 73.7 Å². The number of halogens is 2. The molecule has 216 valence electrons. The lowest BCUT2D eigenvalue weighted by atomic mass is 9.93. The minimum atomic E-state index is -3.00. The fraction of sp³-hybridized carbons (Fsp3) is 0.219. The number of fused-ring (bicyclic) bond motifs is 1. The quantitative estimate of drug-likeness (QED) is 0.290. The largest absolute Gasteiger partial charge is 0.493 e. The number of anilines is 1. The lowest BCUT2D eigenvalue weighted by Crippen LogP contribution is -2.40. The van der Waals surface area contributed by atoms with E-state index < -0.39 is 12.7 Å². The number of amides is 1. The number of allylic oxidation sites excluding steroid dienone is 1. The first-order valence-corrected chi connectivity index (χ1v) is 14.1. The summed E-state index contributed by atoms with van der Waals surface area (Å²) < 4.78 is 37.2. The first-order valence-electron chi connectivity index (χ1n) is 13.3. The van der Waals surface area contributed by atoms with Crippen LogP contribution in [0.1, 0.15) is 49.4 Å². The molecule has 0 spiro atoms. The van der Waals surface area contributed by atoms with Crippen LogP contribution in [0, 0.1) is 0 Å². The Bertz CT molecular complexity index is 1830. The van der Waals surface area contributed by atoms with E-state index in [0.29, 0.717) is 37.8 Å². The molecule has 1 amide bonds. The second-order valence-corrected chi connectivity index (χ2v) is 11.0. The maximum absolute atomic E-state index is 13.9. The molecule has 10 heteroatoms. The summed E-state index contributed by atoms with van der Waals surface area (Å²) in [5, 5.41) is 2.94. The predicted octanol–water partition coefficient (Wildman–Crippen LogP) is 5.61. The van der Waals surface area contributed by atoms with Crippen molar-refractivity contribution in [1.82, 2.24) is 4.57 Å². The maximum Gasteiger partial charge on any atom is 0.387 e. The highest BCUT2D eigenvalue weighted by molar-refractivity contribution is 7.07. The Morgan fingerprint density at radius 2 is 1.76 bits per heavy atom. The summed E-state index contributed by atoms with van der Waals surface area (Å²) >= 11 is 1.18. The molecule has 0 fully saturated rings. The number of aromatic nitrogens is 1. The molecule has 4 aromatic rings. The number of hydrogen-bond donors (Lipinski definition) is 1. The van der Waals surface area contributed by atoms with E-state index in [9.17, 15) is 18.4 Å². The lowest BCUT2D eigenvalue weighted by Gasteiger charge is -2.25. The highest BCUT2D eigenvalue weighted by Crippen LogP contribution is 2.32. The second-order valence-electron chi connectivity index (χ2n) is 10.0. The van der Waals surface area contributed by atoms with Crippen LogP contribution in [-0.2, 0) is 4.79 Å². The van der Waals surface area contributed by atoms with Crippen LogP contribution in [0.3, 0.4) is 0 Å². The van der Waals surface area contributed by atoms with Crippen LogP contribution in [0.25, 0.3) is 6.08 Å². The van der Waals surface area contributed by atoms with Gasteiger partial charge in [0.25, 0.3) is 11.5 Å². The van der Waals surface area contributed by atoms with Crippen molar-refractivity contribution in [2.45, 2.75) is 39.3 Å². The molecule has 0 saturated carbocycles. The van der Waals surface area contributed by atoms with Crippen molar-refractivity contribution in [3.63, 3.8) is 0 Å². The Morgan fingerprint density at radius 1 is 1.05 bits per heavy atom. The van der Waals surface area contributed by atoms with Gasteiger partial charge in [0.15, 0.2) is 16.3 Å². The molecule has 0 bridgehead atoms. The van der Waals surface area contributed by atoms with Crippen molar-refractivity contribution >= 4 is 29.0 Å². The summed E-state index contributed by atoms with van der Waals surface area (Å²) in [6.45, 7) is 2.96. The van der Waals surface area contributed by atoms with Gasteiger partial charge in [0.2, 0.25) is 0 Å². The number of benzene rings is 3. The van der Waals surface area contributed by atoms with Crippen molar-refractivity contribution < 1.29 is 23.0 Å². The molecule has 42 heavy (non-hydrogen) atoms. The highest BCUT2D eigenvalue weighted by atomic mass is 32.1. The van der Waals surface area contributed by atoms with Crippen molar-refractivity contribution in [3.8, 4) is 11.5 Å². The van der Waals surface area contributed by atoms with Crippen LogP contribution in [0.5, 0.6) is 11.5 Å². The number of thiazole rings is 1. The maximum atomic E-state index is 13.9. The number of rotatable bonds is 8. The van der Waals surface area contributed by atoms with Crippen molar-refractivity contribution in [1.29, 1.82) is 0 Å². The molecule has 0 aliphatic carbocycles. The van der Waals surface area contributed by atoms with E-state index in [4.69, 9.17) is 4.74 Å². The molecule has 7 nitrogen and oxygen atoms in total. The van der Waals surface area contributed by atoms with Crippen LogP contribution in [-0.4, -0.2) is 24.2 Å². The topological polar surface area (TPSA) is 81.9 Å². The number of nitrogens with one attached hydrogen (secondary N) is 1. The van der Waals surface area contributed by atoms with Gasteiger partial charge in [-0.05, 0) is 59.9 Å². The minimum absolute atomic E-state index is 0.107. The third-order valence-corrected chi connectivity index (χ3v) is 7.90. The van der Waals surface area contributed by atoms with Gasteiger partial charge in [-0.25, -0.2) is 4.99 Å². The van der Waals surface area contributed by atoms with E-state index in [2.05, 4.69) is 28.9 Å². The zero-order valence-corrected chi connectivity index (χ0v) is 24.2. The third-order valence-electron chi connectivity index (χ3n) is 6.92. The van der Waals surface area contributed by atoms with Gasteiger partial charge in [0.1, 0.15) is 0 Å². The van der Waals surface area contributed by atoms with Crippen LogP contribution in [0.2, 0.25) is 0 Å². The smallest absolute Gasteiger partial charge is 0.387 e. The summed E-state index contributed by atoms with van der Waals surface area (Å²) in [7, 11) is 1.35. The molecule has 3 aromatic carbocycles. The Balaban J connectivity index is 1.63. The van der Waals surface area contributed by atoms with Crippen LogP contribution < -0.4 is 29.7 Å². The highest BCUT2D eigenvalue weighted by Gasteiger charge is 2.32. The van der Waals surface area contributed by atoms with Crippen molar-refractivity contribution in [2.75, 3.05) is 12.4 Å². The molecule has 0 radical (unpaired) electrons. The number of methoxy groups -OCH3 is 1. The molecule has 1 atom stereocenters. The van der Waals surface area contributed by atoms with Gasteiger partial charge in [-0.3, -0.25) is 14.2 Å². The predicted molar refractivity (Wildman–Crippen MR) is 159 cm³/mol. The molecule has 0 unspecified atom stereocenters. The summed E-state index contributed by atoms with van der Waals surface area (Å²) in [6.07, 6.45) is 1.64. The standard InChI is InChI=1S/C32H29F2N3O4S/c1-18(2)21-11-13-22(14-12-21)28-27(29(38)36-23-8-6-5-7-9-23)19(3)35-32-37(28)30(39)26(42-32)17-20-10-15-24(41-31(33)34)25(16-20)40-4/h5-18,28,31H,1-4H3,(H,36,38)/b26-17+/t28-/m1/s1. The molecule has 5 rings (SSSR count). The normalized spacial score (nSPS) is 15.0. The van der Waals surface area contributed by atoms with E-state index in [0.717, 1.165) is 11.1 Å². The van der Waals surface area contributed by atoms with Gasteiger partial charge in [0, 0.05) is 5.69 Å². The van der Waals surface area contributed by atoms with Crippen LogP contribution in [0.15, 0.2) is 93.9 Å². The van der Waals surface area contributed by atoms with E-state index in [1.165, 1.54) is 30.6 Å². The summed E-state index contributed by atoms with van der Waals surface area (Å²) in [4.78, 5) is 32.8. The number of carbonyl (C=O) groups excluding carboxylic acids is 1. The molecule has 2 heterocycles. The molecular weight excluding hydrogens is 560 g/mol. The van der Waals surface area contributed by atoms with Crippen LogP contribution >= 0.6 is 11.3 Å². The Kier molecular flexibility index (Phi) is 8.35. The lowest BCUT2D eigenvalue weighted by molar-refractivity contribution is -0.113. The average Bonchev–Trinajstić information content (AvgIpc) is 3.27. The molecule has 1 aromatic heterocycles. The number of alkyl halides is 2. The number of hydrogen-bond acceptors (Lipinski definition) is 6. The van der Waals surface area contributed by atoms with Crippen molar-refractivity contribution in [2.24, 2.45) is 4.99 Å². The summed E-state index contributed by atoms with van der Waals surface area (Å²) in [5.74, 6) is -0.0426. The summed E-state index contributed by atoms with van der Waals surface area (Å²) in [5.41, 5.74) is 3.62. The average molecular weight is 590 g/mol. The molecule has 1 N–H and O–H groups in total. The zero-order valence-electron chi connectivity index (χ0n) is 23.4. The molecule has 0 saturated heterocycles. The van der Waals surface area contributed by atoms with Gasteiger partial charge in [-0.15, -0.1) is 0 Å². The zero-order chi connectivity index (χ0) is 30.0. The Labute approximate surface area is 245 Å². The van der Waals surface area contributed by atoms with E-state index in [-0.39, 0.29) is 23.0 Å². The Morgan fingerprint density at radius 3 is 2.40 bits per heavy atom. The Hall–Kier alpha value is -4.57. The number of carbonyl (C=O) groups is 1. The number of nitrogens with zero attached hydrogens (tertiary/aromatic N) is 2. The molecular formula is C32H29F2N3O4S. The summed E-state index contributed by atoms with van der Waals surface area (Å²) in [6, 6.07) is 20.7. The number of para-hydroxylation sites is 1. The fourth-order valence-electron chi connectivity index (χ4n) is 4.83. The number of ether oxygens (including phenoxy) is 2. The molecule has 1 aliphatic heterocycles.